The molecule has 1 N–H and O–H groups in total. The van der Waals surface area contributed by atoms with Gasteiger partial charge in [0.1, 0.15) is 5.60 Å². The summed E-state index contributed by atoms with van der Waals surface area (Å²) in [6, 6.07) is 8.33. The van der Waals surface area contributed by atoms with Gasteiger partial charge in [-0.1, -0.05) is 18.2 Å². The maximum absolute atomic E-state index is 12.9. The van der Waals surface area contributed by atoms with Gasteiger partial charge in [-0.15, -0.1) is 23.7 Å². The number of fused-ring (bicyclic) bond motifs is 1. The van der Waals surface area contributed by atoms with Crippen LogP contribution in [0, 0.1) is 0 Å². The zero-order chi connectivity index (χ0) is 15.6. The van der Waals surface area contributed by atoms with Gasteiger partial charge >= 0.3 is 0 Å². The lowest BCUT2D eigenvalue weighted by Gasteiger charge is -2.37. The lowest BCUT2D eigenvalue weighted by atomic mass is 9.90. The van der Waals surface area contributed by atoms with Crippen LogP contribution in [0.25, 0.3) is 10.1 Å². The predicted molar refractivity (Wildman–Crippen MR) is 97.4 cm³/mol. The molecule has 2 aromatic rings. The number of rotatable bonds is 4. The quantitative estimate of drug-likeness (QED) is 0.917. The number of piperidine rings is 1. The second kappa shape index (κ2) is 7.62. The molecular weight excluding hydrogens is 332 g/mol. The van der Waals surface area contributed by atoms with E-state index in [9.17, 15) is 4.79 Å². The van der Waals surface area contributed by atoms with Crippen molar-refractivity contribution in [3.8, 4) is 0 Å². The first-order valence-electron chi connectivity index (χ1n) is 7.63. The van der Waals surface area contributed by atoms with E-state index in [1.807, 2.05) is 24.1 Å². The molecule has 0 saturated carbocycles. The van der Waals surface area contributed by atoms with Crippen molar-refractivity contribution in [1.29, 1.82) is 0 Å². The van der Waals surface area contributed by atoms with Crippen molar-refractivity contribution in [3.63, 3.8) is 0 Å². The highest BCUT2D eigenvalue weighted by Gasteiger charge is 2.41. The Morgan fingerprint density at radius 1 is 1.35 bits per heavy atom. The third-order valence-electron chi connectivity index (χ3n) is 4.51. The van der Waals surface area contributed by atoms with Crippen LogP contribution in [0.1, 0.15) is 18.4 Å². The molecule has 1 aliphatic heterocycles. The molecular formula is C17H23ClN2O2S. The van der Waals surface area contributed by atoms with Crippen molar-refractivity contribution in [1.82, 2.24) is 10.2 Å². The minimum Gasteiger partial charge on any atom is -0.368 e. The summed E-state index contributed by atoms with van der Waals surface area (Å²) >= 11 is 1.73. The van der Waals surface area contributed by atoms with Crippen molar-refractivity contribution in [2.45, 2.75) is 25.0 Å². The lowest BCUT2D eigenvalue weighted by Crippen LogP contribution is -2.54. The number of thiophene rings is 1. The molecule has 3 rings (SSSR count). The van der Waals surface area contributed by atoms with E-state index in [0.717, 1.165) is 25.9 Å². The molecule has 126 valence electrons. The Bertz CT molecular complexity index is 667. The number of ether oxygens (including phenoxy) is 1. The Balaban J connectivity index is 0.00000192. The van der Waals surface area contributed by atoms with Gasteiger partial charge in [-0.3, -0.25) is 4.79 Å². The first-order valence-corrected chi connectivity index (χ1v) is 8.51. The van der Waals surface area contributed by atoms with Gasteiger partial charge in [0.25, 0.3) is 5.91 Å². The molecule has 23 heavy (non-hydrogen) atoms. The second-order valence-corrected chi connectivity index (χ2v) is 6.78. The fourth-order valence-electron chi connectivity index (χ4n) is 3.17. The van der Waals surface area contributed by atoms with Gasteiger partial charge in [0.05, 0.1) is 0 Å². The number of hydrogen-bond acceptors (Lipinski definition) is 4. The Morgan fingerprint density at radius 2 is 2.04 bits per heavy atom. The Morgan fingerprint density at radius 3 is 2.74 bits per heavy atom. The number of nitrogens with one attached hydrogen (secondary N) is 1. The maximum atomic E-state index is 12.9. The van der Waals surface area contributed by atoms with Crippen molar-refractivity contribution >= 4 is 39.7 Å². The zero-order valence-corrected chi connectivity index (χ0v) is 15.1. The summed E-state index contributed by atoms with van der Waals surface area (Å²) in [4.78, 5) is 14.7. The third kappa shape index (κ3) is 3.53. The molecule has 1 amide bonds. The van der Waals surface area contributed by atoms with Crippen LogP contribution in [0.15, 0.2) is 29.6 Å². The van der Waals surface area contributed by atoms with E-state index < -0.39 is 5.60 Å². The molecule has 1 saturated heterocycles. The number of amides is 1. The van der Waals surface area contributed by atoms with E-state index in [4.69, 9.17) is 4.74 Å². The highest BCUT2D eigenvalue weighted by atomic mass is 35.5. The molecule has 0 atom stereocenters. The molecule has 0 radical (unpaired) electrons. The molecule has 6 heteroatoms. The Labute approximate surface area is 147 Å². The van der Waals surface area contributed by atoms with Gasteiger partial charge in [0.2, 0.25) is 0 Å². The summed E-state index contributed by atoms with van der Waals surface area (Å²) in [6.07, 6.45) is 1.47. The van der Waals surface area contributed by atoms with E-state index in [2.05, 4.69) is 22.8 Å². The van der Waals surface area contributed by atoms with E-state index >= 15 is 0 Å². The average Bonchev–Trinajstić information content (AvgIpc) is 2.98. The van der Waals surface area contributed by atoms with E-state index in [1.165, 1.54) is 15.6 Å². The number of nitrogens with zero attached hydrogens (tertiary/aromatic N) is 1. The molecule has 1 fully saturated rings. The largest absolute Gasteiger partial charge is 0.368 e. The standard InChI is InChI=1S/C17H22N2O2S.ClH/c1-19(16(20)17(21-2)7-9-18-10-8-17)11-13-12-22-15-6-4-3-5-14(13)15;/h3-6,12,18H,7-11H2,1-2H3;1H. The van der Waals surface area contributed by atoms with E-state index in [-0.39, 0.29) is 18.3 Å². The number of carbonyl (C=O) groups excluding carboxylic acids is 1. The minimum absolute atomic E-state index is 0. The third-order valence-corrected chi connectivity index (χ3v) is 5.52. The lowest BCUT2D eigenvalue weighted by molar-refractivity contribution is -0.157. The number of hydrogen-bond donors (Lipinski definition) is 1. The Kier molecular flexibility index (Phi) is 6.03. The number of methoxy groups -OCH3 is 1. The summed E-state index contributed by atoms with van der Waals surface area (Å²) in [6.45, 7) is 2.28. The normalized spacial score (nSPS) is 16.8. The molecule has 1 aromatic carbocycles. The minimum atomic E-state index is -0.661. The number of carbonyl (C=O) groups is 1. The first kappa shape index (κ1) is 18.2. The summed E-state index contributed by atoms with van der Waals surface area (Å²) in [5.74, 6) is 0.0896. The zero-order valence-electron chi connectivity index (χ0n) is 13.5. The molecule has 4 nitrogen and oxygen atoms in total. The molecule has 0 spiro atoms. The molecule has 2 heterocycles. The highest BCUT2D eigenvalue weighted by Crippen LogP contribution is 2.29. The van der Waals surface area contributed by atoms with E-state index in [0.29, 0.717) is 6.54 Å². The van der Waals surface area contributed by atoms with Crippen molar-refractivity contribution < 1.29 is 9.53 Å². The topological polar surface area (TPSA) is 41.6 Å². The van der Waals surface area contributed by atoms with Gasteiger partial charge in [0.15, 0.2) is 0 Å². The highest BCUT2D eigenvalue weighted by molar-refractivity contribution is 7.17. The SMILES string of the molecule is COC1(C(=O)N(C)Cc2csc3ccccc23)CCNCC1.Cl. The second-order valence-electron chi connectivity index (χ2n) is 5.87. The smallest absolute Gasteiger partial charge is 0.254 e. The molecule has 0 unspecified atom stereocenters. The van der Waals surface area contributed by atoms with Crippen LogP contribution in [0.5, 0.6) is 0 Å². The van der Waals surface area contributed by atoms with Crippen LogP contribution < -0.4 is 5.32 Å². The molecule has 1 aliphatic rings. The van der Waals surface area contributed by atoms with Crippen molar-refractivity contribution in [2.75, 3.05) is 27.2 Å². The first-order chi connectivity index (χ1) is 10.7. The van der Waals surface area contributed by atoms with Crippen molar-refractivity contribution in [3.05, 3.63) is 35.2 Å². The van der Waals surface area contributed by atoms with Gasteiger partial charge in [-0.25, -0.2) is 0 Å². The summed E-state index contributed by atoms with van der Waals surface area (Å²) in [7, 11) is 3.52. The molecule has 0 bridgehead atoms. The van der Waals surface area contributed by atoms with Crippen LogP contribution in [0.4, 0.5) is 0 Å². The van der Waals surface area contributed by atoms with E-state index in [1.54, 1.807) is 18.4 Å². The van der Waals surface area contributed by atoms with Crippen LogP contribution in [0.2, 0.25) is 0 Å². The molecule has 0 aliphatic carbocycles. The fourth-order valence-corrected chi connectivity index (χ4v) is 4.12. The van der Waals surface area contributed by atoms with Gasteiger partial charge in [-0.2, -0.15) is 0 Å². The average molecular weight is 355 g/mol. The van der Waals surface area contributed by atoms with Crippen molar-refractivity contribution in [2.24, 2.45) is 0 Å². The summed E-state index contributed by atoms with van der Waals surface area (Å²) in [5.41, 5.74) is 0.544. The Hall–Kier alpha value is -1.14. The van der Waals surface area contributed by atoms with Gasteiger partial charge < -0.3 is 15.0 Å². The van der Waals surface area contributed by atoms with Crippen LogP contribution in [0.3, 0.4) is 0 Å². The van der Waals surface area contributed by atoms with Crippen LogP contribution in [-0.2, 0) is 16.1 Å². The predicted octanol–water partition coefficient (Wildman–Crippen LogP) is 3.05. The fraction of sp³-hybridized carbons (Fsp3) is 0.471. The van der Waals surface area contributed by atoms with Gasteiger partial charge in [-0.05, 0) is 48.3 Å². The maximum Gasteiger partial charge on any atom is 0.254 e. The number of halogens is 1. The van der Waals surface area contributed by atoms with Crippen LogP contribution >= 0.6 is 23.7 Å². The summed E-state index contributed by atoms with van der Waals surface area (Å²) < 4.78 is 6.91. The van der Waals surface area contributed by atoms with Gasteiger partial charge in [0, 0.05) is 25.4 Å². The number of benzene rings is 1. The molecule has 1 aromatic heterocycles. The van der Waals surface area contributed by atoms with Crippen LogP contribution in [-0.4, -0.2) is 43.7 Å². The number of likely N-dealkylation sites (N-methyl/N-ethyl adjacent to an activating group) is 1. The summed E-state index contributed by atoms with van der Waals surface area (Å²) in [5, 5.41) is 6.68. The monoisotopic (exact) mass is 354 g/mol.